The second-order valence-electron chi connectivity index (χ2n) is 10.9. The van der Waals surface area contributed by atoms with Gasteiger partial charge in [0.15, 0.2) is 6.61 Å². The van der Waals surface area contributed by atoms with E-state index in [0.29, 0.717) is 11.3 Å². The predicted octanol–water partition coefficient (Wildman–Crippen LogP) is 1.68. The normalized spacial score (nSPS) is 13.8. The molecule has 0 saturated heterocycles. The summed E-state index contributed by atoms with van der Waals surface area (Å²) in [7, 11) is 0. The van der Waals surface area contributed by atoms with Gasteiger partial charge in [0.1, 0.15) is 30.0 Å². The van der Waals surface area contributed by atoms with Crippen molar-refractivity contribution >= 4 is 29.5 Å². The molecule has 0 aliphatic heterocycles. The van der Waals surface area contributed by atoms with E-state index in [1.165, 1.54) is 6.92 Å². The van der Waals surface area contributed by atoms with E-state index < -0.39 is 72.8 Å². The van der Waals surface area contributed by atoms with Crippen molar-refractivity contribution in [2.24, 2.45) is 5.92 Å². The molecule has 5 amide bonds. The molecule has 0 aliphatic carbocycles. The molecule has 0 bridgehead atoms. The van der Waals surface area contributed by atoms with Crippen molar-refractivity contribution in [1.29, 1.82) is 0 Å². The zero-order valence-electron chi connectivity index (χ0n) is 25.7. The van der Waals surface area contributed by atoms with Crippen molar-refractivity contribution in [3.63, 3.8) is 0 Å². The summed E-state index contributed by atoms with van der Waals surface area (Å²) in [6, 6.07) is 14.0. The second kappa shape index (κ2) is 18.3. The lowest BCUT2D eigenvalue weighted by Crippen LogP contribution is -2.58. The summed E-state index contributed by atoms with van der Waals surface area (Å²) >= 11 is 0. The maximum atomic E-state index is 13.3. The lowest BCUT2D eigenvalue weighted by molar-refractivity contribution is -0.205. The number of hydrazine groups is 1. The van der Waals surface area contributed by atoms with Crippen molar-refractivity contribution in [1.82, 2.24) is 26.8 Å². The maximum Gasteiger partial charge on any atom is 0.414 e. The van der Waals surface area contributed by atoms with Gasteiger partial charge in [0.2, 0.25) is 17.7 Å². The van der Waals surface area contributed by atoms with Crippen molar-refractivity contribution in [3.8, 4) is 5.75 Å². The van der Waals surface area contributed by atoms with Crippen LogP contribution in [0.3, 0.4) is 0 Å². The number of carbonyl (C=O) groups excluding carboxylic acids is 5. The van der Waals surface area contributed by atoms with Gasteiger partial charge in [-0.1, -0.05) is 62.4 Å². The Morgan fingerprint density at radius 3 is 1.98 bits per heavy atom. The van der Waals surface area contributed by atoms with E-state index in [-0.39, 0.29) is 25.4 Å². The fourth-order valence-corrected chi connectivity index (χ4v) is 4.04. The number of para-hydroxylation sites is 1. The molecule has 0 aromatic heterocycles. The number of halogens is 3. The summed E-state index contributed by atoms with van der Waals surface area (Å²) in [6.45, 7) is 4.42. The van der Waals surface area contributed by atoms with Crippen LogP contribution in [-0.2, 0) is 30.4 Å². The first-order chi connectivity index (χ1) is 21.7. The van der Waals surface area contributed by atoms with E-state index in [4.69, 9.17) is 9.84 Å². The number of ether oxygens (including phenoxy) is 1. The minimum atomic E-state index is -4.79. The minimum absolute atomic E-state index is 0.0448. The lowest BCUT2D eigenvalue weighted by atomic mass is 10.0. The van der Waals surface area contributed by atoms with Gasteiger partial charge in [0, 0.05) is 12.8 Å². The third-order valence-electron chi connectivity index (χ3n) is 6.63. The first-order valence-electron chi connectivity index (χ1n) is 14.6. The second-order valence-corrected chi connectivity index (χ2v) is 10.9. The van der Waals surface area contributed by atoms with Crippen LogP contribution in [0.1, 0.15) is 45.6 Å². The molecule has 252 valence electrons. The number of hydrogen-bond acceptors (Lipinski definition) is 7. The Hall–Kier alpha value is -4.66. The van der Waals surface area contributed by atoms with Gasteiger partial charge >= 0.3 is 6.18 Å². The molecule has 12 nitrogen and oxygen atoms in total. The van der Waals surface area contributed by atoms with Crippen LogP contribution >= 0.6 is 0 Å². The van der Waals surface area contributed by atoms with Crippen LogP contribution in [0.15, 0.2) is 60.7 Å². The molecule has 0 radical (unpaired) electrons. The van der Waals surface area contributed by atoms with Gasteiger partial charge in [-0.15, -0.1) is 0 Å². The molecule has 0 spiro atoms. The number of hydrogen-bond donors (Lipinski definition) is 6. The Balaban J connectivity index is 1.98. The quantitative estimate of drug-likeness (QED) is 0.150. The van der Waals surface area contributed by atoms with Gasteiger partial charge in [-0.3, -0.25) is 34.8 Å². The van der Waals surface area contributed by atoms with E-state index in [0.717, 1.165) is 0 Å². The molecule has 0 fully saturated rings. The zero-order valence-corrected chi connectivity index (χ0v) is 25.7. The van der Waals surface area contributed by atoms with Crippen LogP contribution in [0.25, 0.3) is 0 Å². The van der Waals surface area contributed by atoms with Crippen LogP contribution < -0.4 is 31.5 Å². The number of nitrogens with one attached hydrogen (secondary N) is 5. The Morgan fingerprint density at radius 1 is 0.783 bits per heavy atom. The number of aliphatic hydroxyl groups excluding tert-OH is 1. The molecule has 4 atom stereocenters. The first-order valence-corrected chi connectivity index (χ1v) is 14.6. The average Bonchev–Trinajstić information content (AvgIpc) is 3.01. The van der Waals surface area contributed by atoms with E-state index >= 15 is 0 Å². The van der Waals surface area contributed by atoms with Crippen LogP contribution in [0.4, 0.5) is 13.2 Å². The highest BCUT2D eigenvalue weighted by Gasteiger charge is 2.37. The van der Waals surface area contributed by atoms with Gasteiger partial charge in [0.25, 0.3) is 11.8 Å². The molecule has 0 heterocycles. The predicted molar refractivity (Wildman–Crippen MR) is 161 cm³/mol. The molecule has 15 heteroatoms. The summed E-state index contributed by atoms with van der Waals surface area (Å²) in [4.78, 5) is 63.6. The van der Waals surface area contributed by atoms with Gasteiger partial charge in [0.05, 0.1) is 0 Å². The number of benzene rings is 2. The Labute approximate surface area is 264 Å². The van der Waals surface area contributed by atoms with Gasteiger partial charge in [-0.2, -0.15) is 13.2 Å². The van der Waals surface area contributed by atoms with E-state index in [2.05, 4.69) is 21.4 Å². The molecule has 2 aromatic carbocycles. The van der Waals surface area contributed by atoms with Crippen LogP contribution in [0.2, 0.25) is 0 Å². The third-order valence-corrected chi connectivity index (χ3v) is 6.63. The molecular weight excluding hydrogens is 611 g/mol. The largest absolute Gasteiger partial charge is 0.484 e. The number of alkyl halides is 3. The van der Waals surface area contributed by atoms with Crippen molar-refractivity contribution in [2.45, 2.75) is 76.9 Å². The summed E-state index contributed by atoms with van der Waals surface area (Å²) in [5.74, 6) is -3.45. The summed E-state index contributed by atoms with van der Waals surface area (Å²) < 4.78 is 42.6. The summed E-state index contributed by atoms with van der Waals surface area (Å²) in [6.07, 6.45) is -8.68. The van der Waals surface area contributed by atoms with Gasteiger partial charge in [-0.05, 0) is 43.4 Å². The Morgan fingerprint density at radius 2 is 1.39 bits per heavy atom. The van der Waals surface area contributed by atoms with Crippen LogP contribution in [-0.4, -0.2) is 71.7 Å². The third kappa shape index (κ3) is 13.5. The Kier molecular flexibility index (Phi) is 15.0. The molecule has 2 rings (SSSR count). The number of rotatable bonds is 16. The van der Waals surface area contributed by atoms with Gasteiger partial charge < -0.3 is 25.8 Å². The lowest BCUT2D eigenvalue weighted by Gasteiger charge is -2.26. The van der Waals surface area contributed by atoms with Gasteiger partial charge in [-0.25, -0.2) is 0 Å². The van der Waals surface area contributed by atoms with Crippen LogP contribution in [0, 0.1) is 5.92 Å². The minimum Gasteiger partial charge on any atom is -0.484 e. The van der Waals surface area contributed by atoms with Crippen molar-refractivity contribution in [2.75, 3.05) is 6.61 Å². The fourth-order valence-electron chi connectivity index (χ4n) is 4.04. The number of amides is 5. The topological polar surface area (TPSA) is 175 Å². The number of carbonyl (C=O) groups is 5. The van der Waals surface area contributed by atoms with E-state index in [9.17, 15) is 37.1 Å². The average molecular weight is 652 g/mol. The number of aliphatic hydroxyl groups is 1. The fraction of sp³-hybridized carbons (Fsp3) is 0.452. The first kappa shape index (κ1) is 37.5. The molecule has 0 saturated carbocycles. The SMILES string of the molecule is CC(NC(=O)C(Cc1ccccc1)NC(=O)C(NC(=O)COc1ccccc1)C(C)C)C(=O)NNC(=O)CCCC(O)C(F)(F)F. The molecular formula is C31H40F3N5O7. The summed E-state index contributed by atoms with van der Waals surface area (Å²) in [5.41, 5.74) is 4.82. The molecule has 46 heavy (non-hydrogen) atoms. The monoisotopic (exact) mass is 651 g/mol. The van der Waals surface area contributed by atoms with Crippen molar-refractivity contribution in [3.05, 3.63) is 66.2 Å². The standard InChI is InChI=1S/C31H40F3N5O7/c1-19(2)27(37-26(42)18-46-22-13-8-5-9-14-22)30(45)36-23(17-21-11-6-4-7-12-21)29(44)35-20(3)28(43)39-38-25(41)16-10-15-24(40)31(32,33)34/h4-9,11-14,19-20,23-24,27,40H,10,15-18H2,1-3H3,(H,35,44)(H,36,45)(H,37,42)(H,38,41)(H,39,43). The maximum absolute atomic E-state index is 13.3. The molecule has 6 N–H and O–H groups in total. The van der Waals surface area contributed by atoms with E-state index in [1.807, 2.05) is 5.43 Å². The van der Waals surface area contributed by atoms with Crippen LogP contribution in [0.5, 0.6) is 5.75 Å². The summed E-state index contributed by atoms with van der Waals surface area (Å²) in [5, 5.41) is 16.8. The smallest absolute Gasteiger partial charge is 0.414 e. The zero-order chi connectivity index (χ0) is 34.3. The highest BCUT2D eigenvalue weighted by molar-refractivity contribution is 5.94. The Bertz CT molecular complexity index is 1300. The molecule has 0 aliphatic rings. The highest BCUT2D eigenvalue weighted by Crippen LogP contribution is 2.23. The van der Waals surface area contributed by atoms with Crippen molar-refractivity contribution < 1.29 is 47.0 Å². The molecule has 4 unspecified atom stereocenters. The highest BCUT2D eigenvalue weighted by atomic mass is 19.4. The molecule has 2 aromatic rings. The van der Waals surface area contributed by atoms with E-state index in [1.54, 1.807) is 74.5 Å².